The Bertz CT molecular complexity index is 415. The maximum atomic E-state index is 11.8. The molecule has 1 atom stereocenters. The Morgan fingerprint density at radius 1 is 1.56 bits per heavy atom. The van der Waals surface area contributed by atoms with E-state index in [1.54, 1.807) is 17.9 Å². The number of amides is 1. The number of aliphatic hydroxyl groups excluding tert-OH is 1. The maximum absolute atomic E-state index is 11.8. The quantitative estimate of drug-likeness (QED) is 0.745. The minimum absolute atomic E-state index is 0.0845. The summed E-state index contributed by atoms with van der Waals surface area (Å²) < 4.78 is 0. The molecular formula is C12H16N2O2. The number of benzene rings is 1. The van der Waals surface area contributed by atoms with Gasteiger partial charge in [-0.15, -0.1) is 0 Å². The van der Waals surface area contributed by atoms with Crippen LogP contribution in [0.4, 0.5) is 11.4 Å². The normalized spacial score (nSPS) is 16.4. The molecule has 0 bridgehead atoms. The van der Waals surface area contributed by atoms with Crippen molar-refractivity contribution in [2.24, 2.45) is 0 Å². The van der Waals surface area contributed by atoms with E-state index >= 15 is 0 Å². The summed E-state index contributed by atoms with van der Waals surface area (Å²) in [6.07, 6.45) is 0.626. The van der Waals surface area contributed by atoms with Gasteiger partial charge in [0.1, 0.15) is 0 Å². The number of hydrogen-bond acceptors (Lipinski definition) is 3. The smallest absolute Gasteiger partial charge is 0.231 e. The van der Waals surface area contributed by atoms with Crippen LogP contribution < -0.4 is 10.6 Å². The lowest BCUT2D eigenvalue weighted by molar-refractivity contribution is -0.117. The van der Waals surface area contributed by atoms with Crippen molar-refractivity contribution in [3.05, 3.63) is 23.8 Å². The van der Waals surface area contributed by atoms with E-state index in [9.17, 15) is 9.90 Å². The summed E-state index contributed by atoms with van der Waals surface area (Å²) in [7, 11) is 0. The summed E-state index contributed by atoms with van der Waals surface area (Å²) in [4.78, 5) is 13.5. The SMILES string of the molecule is CC(O)CCN1C(=O)Cc2cc(N)ccc21. The molecule has 1 heterocycles. The van der Waals surface area contributed by atoms with Crippen molar-refractivity contribution >= 4 is 17.3 Å². The van der Waals surface area contributed by atoms with E-state index in [0.717, 1.165) is 11.3 Å². The van der Waals surface area contributed by atoms with E-state index in [1.807, 2.05) is 12.1 Å². The van der Waals surface area contributed by atoms with E-state index in [4.69, 9.17) is 5.73 Å². The first-order valence-corrected chi connectivity index (χ1v) is 5.45. The van der Waals surface area contributed by atoms with Crippen molar-refractivity contribution in [2.75, 3.05) is 17.2 Å². The highest BCUT2D eigenvalue weighted by Gasteiger charge is 2.26. The van der Waals surface area contributed by atoms with Crippen LogP contribution in [0.5, 0.6) is 0 Å². The molecule has 0 saturated heterocycles. The Morgan fingerprint density at radius 3 is 3.00 bits per heavy atom. The molecule has 1 aliphatic heterocycles. The number of carbonyl (C=O) groups is 1. The van der Waals surface area contributed by atoms with Crippen LogP contribution in [-0.4, -0.2) is 23.7 Å². The van der Waals surface area contributed by atoms with Gasteiger partial charge in [0.25, 0.3) is 0 Å². The molecular weight excluding hydrogens is 204 g/mol. The van der Waals surface area contributed by atoms with Crippen molar-refractivity contribution in [1.82, 2.24) is 0 Å². The lowest BCUT2D eigenvalue weighted by Gasteiger charge is -2.18. The third-order valence-electron chi connectivity index (χ3n) is 2.81. The Labute approximate surface area is 94.7 Å². The second-order valence-electron chi connectivity index (χ2n) is 4.25. The summed E-state index contributed by atoms with van der Waals surface area (Å²) in [5.41, 5.74) is 8.27. The van der Waals surface area contributed by atoms with Gasteiger partial charge in [0.2, 0.25) is 5.91 Å². The van der Waals surface area contributed by atoms with E-state index < -0.39 is 0 Å². The zero-order chi connectivity index (χ0) is 11.7. The molecule has 1 amide bonds. The predicted octanol–water partition coefficient (Wildman–Crippen LogP) is 0.929. The molecule has 1 aromatic rings. The van der Waals surface area contributed by atoms with Crippen LogP contribution in [0.2, 0.25) is 0 Å². The van der Waals surface area contributed by atoms with Crippen LogP contribution in [0.3, 0.4) is 0 Å². The fourth-order valence-corrected chi connectivity index (χ4v) is 1.96. The zero-order valence-electron chi connectivity index (χ0n) is 9.31. The number of carbonyl (C=O) groups excluding carboxylic acids is 1. The third kappa shape index (κ3) is 2.02. The van der Waals surface area contributed by atoms with Crippen LogP contribution in [0.25, 0.3) is 0 Å². The lowest BCUT2D eigenvalue weighted by atomic mass is 10.1. The second kappa shape index (κ2) is 4.14. The molecule has 0 aliphatic carbocycles. The van der Waals surface area contributed by atoms with Crippen LogP contribution in [0, 0.1) is 0 Å². The summed E-state index contributed by atoms with van der Waals surface area (Å²) in [5.74, 6) is 0.0845. The molecule has 16 heavy (non-hydrogen) atoms. The lowest BCUT2D eigenvalue weighted by Crippen LogP contribution is -2.29. The maximum Gasteiger partial charge on any atom is 0.231 e. The largest absolute Gasteiger partial charge is 0.399 e. The number of aliphatic hydroxyl groups is 1. The number of nitrogens with zero attached hydrogens (tertiary/aromatic N) is 1. The number of hydrogen-bond donors (Lipinski definition) is 2. The van der Waals surface area contributed by atoms with Gasteiger partial charge in [-0.3, -0.25) is 4.79 Å². The van der Waals surface area contributed by atoms with Crippen LogP contribution in [0.1, 0.15) is 18.9 Å². The van der Waals surface area contributed by atoms with E-state index in [0.29, 0.717) is 25.1 Å². The number of rotatable bonds is 3. The Kier molecular flexibility index (Phi) is 2.83. The van der Waals surface area contributed by atoms with Gasteiger partial charge in [-0.25, -0.2) is 0 Å². The fraction of sp³-hybridized carbons (Fsp3) is 0.417. The average Bonchev–Trinajstić information content (AvgIpc) is 2.50. The third-order valence-corrected chi connectivity index (χ3v) is 2.81. The molecule has 86 valence electrons. The van der Waals surface area contributed by atoms with Crippen molar-refractivity contribution in [3.63, 3.8) is 0 Å². The summed E-state index contributed by atoms with van der Waals surface area (Å²) in [6.45, 7) is 2.29. The molecule has 1 aliphatic rings. The van der Waals surface area contributed by atoms with Gasteiger partial charge in [0, 0.05) is 17.9 Å². The van der Waals surface area contributed by atoms with Gasteiger partial charge in [0.05, 0.1) is 12.5 Å². The predicted molar refractivity (Wildman–Crippen MR) is 63.2 cm³/mol. The van der Waals surface area contributed by atoms with Crippen molar-refractivity contribution in [3.8, 4) is 0 Å². The fourth-order valence-electron chi connectivity index (χ4n) is 1.96. The minimum atomic E-state index is -0.384. The standard InChI is InChI=1S/C12H16N2O2/c1-8(15)4-5-14-11-3-2-10(13)6-9(11)7-12(14)16/h2-3,6,8,15H,4-5,7,13H2,1H3. The molecule has 3 N–H and O–H groups in total. The molecule has 1 unspecified atom stereocenters. The highest BCUT2D eigenvalue weighted by atomic mass is 16.3. The van der Waals surface area contributed by atoms with Gasteiger partial charge in [-0.1, -0.05) is 0 Å². The first-order valence-electron chi connectivity index (χ1n) is 5.45. The molecule has 0 radical (unpaired) electrons. The highest BCUT2D eigenvalue weighted by molar-refractivity contribution is 6.01. The van der Waals surface area contributed by atoms with Gasteiger partial charge < -0.3 is 15.7 Å². The number of fused-ring (bicyclic) bond motifs is 1. The summed E-state index contributed by atoms with van der Waals surface area (Å²) in [6, 6.07) is 5.51. The Hall–Kier alpha value is -1.55. The van der Waals surface area contributed by atoms with Crippen LogP contribution in [0.15, 0.2) is 18.2 Å². The second-order valence-corrected chi connectivity index (χ2v) is 4.25. The van der Waals surface area contributed by atoms with Crippen LogP contribution in [-0.2, 0) is 11.2 Å². The molecule has 4 nitrogen and oxygen atoms in total. The number of anilines is 2. The Balaban J connectivity index is 2.19. The number of nitrogen functional groups attached to an aromatic ring is 1. The topological polar surface area (TPSA) is 66.6 Å². The first-order chi connectivity index (χ1) is 7.58. The zero-order valence-corrected chi connectivity index (χ0v) is 9.31. The van der Waals surface area contributed by atoms with Gasteiger partial charge >= 0.3 is 0 Å². The van der Waals surface area contributed by atoms with Gasteiger partial charge in [-0.2, -0.15) is 0 Å². The van der Waals surface area contributed by atoms with E-state index in [-0.39, 0.29) is 12.0 Å². The highest BCUT2D eigenvalue weighted by Crippen LogP contribution is 2.30. The van der Waals surface area contributed by atoms with E-state index in [2.05, 4.69) is 0 Å². The van der Waals surface area contributed by atoms with Crippen molar-refractivity contribution < 1.29 is 9.90 Å². The molecule has 1 aromatic carbocycles. The van der Waals surface area contributed by atoms with Crippen molar-refractivity contribution in [2.45, 2.75) is 25.9 Å². The first kappa shape index (κ1) is 11.0. The van der Waals surface area contributed by atoms with Crippen LogP contribution >= 0.6 is 0 Å². The molecule has 0 spiro atoms. The van der Waals surface area contributed by atoms with Gasteiger partial charge in [-0.05, 0) is 37.1 Å². The molecule has 2 rings (SSSR count). The average molecular weight is 220 g/mol. The minimum Gasteiger partial charge on any atom is -0.399 e. The molecule has 0 fully saturated rings. The van der Waals surface area contributed by atoms with E-state index in [1.165, 1.54) is 0 Å². The molecule has 0 aromatic heterocycles. The van der Waals surface area contributed by atoms with Crippen molar-refractivity contribution in [1.29, 1.82) is 0 Å². The van der Waals surface area contributed by atoms with Gasteiger partial charge in [0.15, 0.2) is 0 Å². The number of nitrogens with two attached hydrogens (primary N) is 1. The molecule has 0 saturated carbocycles. The molecule has 4 heteroatoms. The Morgan fingerprint density at radius 2 is 2.31 bits per heavy atom. The summed E-state index contributed by atoms with van der Waals surface area (Å²) >= 11 is 0. The monoisotopic (exact) mass is 220 g/mol. The summed E-state index contributed by atoms with van der Waals surface area (Å²) in [5, 5.41) is 9.23.